The van der Waals surface area contributed by atoms with Crippen molar-refractivity contribution in [1.82, 2.24) is 3.89 Å². The van der Waals surface area contributed by atoms with E-state index in [1.54, 1.807) is 0 Å². The topological polar surface area (TPSA) is 3.24 Å². The Morgan fingerprint density at radius 1 is 1.03 bits per heavy atom. The summed E-state index contributed by atoms with van der Waals surface area (Å²) in [4.78, 5) is 5.19. The predicted molar refractivity (Wildman–Crippen MR) is 130 cm³/mol. The smallest absolute Gasteiger partial charge is 0.169 e. The van der Waals surface area contributed by atoms with E-state index in [9.17, 15) is 0 Å². The Hall–Kier alpha value is -2.14. The van der Waals surface area contributed by atoms with Crippen molar-refractivity contribution in [2.24, 2.45) is 0 Å². The molecule has 29 heavy (non-hydrogen) atoms. The molecule has 0 fully saturated rings. The molecule has 0 saturated carbocycles. The molecule has 2 heterocycles. The van der Waals surface area contributed by atoms with Crippen molar-refractivity contribution in [3.8, 4) is 0 Å². The molecule has 0 N–H and O–H groups in total. The first kappa shape index (κ1) is 18.9. The fourth-order valence-corrected chi connectivity index (χ4v) is 6.56. The van der Waals surface area contributed by atoms with Crippen LogP contribution in [0.5, 0.6) is 0 Å². The number of quaternary nitrogens is 1. The third-order valence-corrected chi connectivity index (χ3v) is 8.31. The summed E-state index contributed by atoms with van der Waals surface area (Å²) in [5.74, 6) is 0. The molecule has 5 rings (SSSR count). The quantitative estimate of drug-likeness (QED) is 0.323. The van der Waals surface area contributed by atoms with Crippen LogP contribution in [0.3, 0.4) is 0 Å². The van der Waals surface area contributed by atoms with Gasteiger partial charge in [0.1, 0.15) is 23.0 Å². The van der Waals surface area contributed by atoms with Gasteiger partial charge in [0.15, 0.2) is 5.69 Å². The molecule has 0 aliphatic carbocycles. The Balaban J connectivity index is 1.42. The summed E-state index contributed by atoms with van der Waals surface area (Å²) >= 11 is 3.79. The lowest BCUT2D eigenvalue weighted by Gasteiger charge is -2.36. The van der Waals surface area contributed by atoms with Crippen molar-refractivity contribution in [2.75, 3.05) is 18.5 Å². The lowest BCUT2D eigenvalue weighted by molar-refractivity contribution is 0.685. The molecule has 0 aromatic heterocycles. The van der Waals surface area contributed by atoms with Crippen molar-refractivity contribution in [2.45, 2.75) is 30.6 Å². The highest BCUT2D eigenvalue weighted by molar-refractivity contribution is 8.03. The van der Waals surface area contributed by atoms with E-state index in [1.807, 2.05) is 23.7 Å². The van der Waals surface area contributed by atoms with Gasteiger partial charge < -0.3 is 4.90 Å². The molecule has 2 nitrogen and oxygen atoms in total. The van der Waals surface area contributed by atoms with Crippen molar-refractivity contribution >= 4 is 45.9 Å². The summed E-state index contributed by atoms with van der Waals surface area (Å²) in [6.45, 7) is 7.60. The van der Waals surface area contributed by atoms with Gasteiger partial charge in [-0.25, -0.2) is 3.89 Å². The van der Waals surface area contributed by atoms with Crippen LogP contribution < -0.4 is 8.79 Å². The van der Waals surface area contributed by atoms with E-state index >= 15 is 0 Å². The van der Waals surface area contributed by atoms with Gasteiger partial charge in [0.05, 0.1) is 17.8 Å². The molecule has 0 amide bonds. The van der Waals surface area contributed by atoms with E-state index in [4.69, 9.17) is 0 Å². The Morgan fingerprint density at radius 2 is 1.83 bits per heavy atom. The van der Waals surface area contributed by atoms with E-state index in [1.165, 1.54) is 48.1 Å². The van der Waals surface area contributed by atoms with Crippen LogP contribution in [-0.4, -0.2) is 13.6 Å². The Bertz CT molecular complexity index is 1190. The van der Waals surface area contributed by atoms with Crippen LogP contribution in [0, 0.1) is 13.8 Å². The average molecular weight is 418 g/mol. The lowest BCUT2D eigenvalue weighted by atomic mass is 10.1. The van der Waals surface area contributed by atoms with Gasteiger partial charge in [-0.05, 0) is 67.6 Å². The van der Waals surface area contributed by atoms with Crippen LogP contribution >= 0.6 is 23.7 Å². The van der Waals surface area contributed by atoms with Crippen molar-refractivity contribution in [3.05, 3.63) is 83.0 Å². The van der Waals surface area contributed by atoms with Gasteiger partial charge >= 0.3 is 0 Å². The van der Waals surface area contributed by atoms with Crippen molar-refractivity contribution in [3.63, 3.8) is 0 Å². The zero-order chi connectivity index (χ0) is 20.2. The fourth-order valence-electron chi connectivity index (χ4n) is 4.08. The molecule has 0 radical (unpaired) electrons. The van der Waals surface area contributed by atoms with Gasteiger partial charge in [0, 0.05) is 22.9 Å². The van der Waals surface area contributed by atoms with Crippen LogP contribution in [0.4, 0.5) is 11.4 Å². The molecule has 2 aliphatic rings. The number of rotatable bonds is 3. The van der Waals surface area contributed by atoms with Gasteiger partial charge in [0.25, 0.3) is 0 Å². The zero-order valence-electron chi connectivity index (χ0n) is 17.3. The summed E-state index contributed by atoms with van der Waals surface area (Å²) in [5, 5.41) is 3.99. The Kier molecular flexibility index (Phi) is 4.54. The molecule has 0 saturated heterocycles. The zero-order valence-corrected chi connectivity index (χ0v) is 18.9. The number of thioether (sulfide) groups is 1. The maximum absolute atomic E-state index is 2.42. The summed E-state index contributed by atoms with van der Waals surface area (Å²) in [7, 11) is 2.26. The number of nitrogens with zero attached hydrogens (tertiary/aromatic N) is 2. The highest BCUT2D eigenvalue weighted by Crippen LogP contribution is 2.55. The molecular formula is C25H25N2S2+. The molecular weight excluding hydrogens is 392 g/mol. The van der Waals surface area contributed by atoms with Crippen molar-refractivity contribution in [1.29, 1.82) is 0 Å². The number of hydrogen-bond acceptors (Lipinski definition) is 3. The van der Waals surface area contributed by atoms with Gasteiger partial charge in [-0.3, -0.25) is 0 Å². The minimum atomic E-state index is 0.784. The second-order valence-corrected chi connectivity index (χ2v) is 10.2. The molecule has 4 heteroatoms. The predicted octanol–water partition coefficient (Wildman–Crippen LogP) is 7.40. The molecule has 1 unspecified atom stereocenters. The SMILES string of the molecule is CCN1/C(=C/C=C/[N+]2(C)Sc3c2ccc2ccccc32)Sc2cc(C)c(C)cc21. The molecule has 0 bridgehead atoms. The molecule has 3 aromatic carbocycles. The highest BCUT2D eigenvalue weighted by Gasteiger charge is 2.41. The monoisotopic (exact) mass is 417 g/mol. The van der Waals surface area contributed by atoms with Crippen molar-refractivity contribution < 1.29 is 0 Å². The van der Waals surface area contributed by atoms with E-state index < -0.39 is 0 Å². The van der Waals surface area contributed by atoms with E-state index in [-0.39, 0.29) is 0 Å². The van der Waals surface area contributed by atoms with Crippen LogP contribution in [0.1, 0.15) is 18.1 Å². The number of hydrogen-bond donors (Lipinski definition) is 0. The minimum Gasteiger partial charge on any atom is -0.335 e. The first-order valence-corrected chi connectivity index (χ1v) is 11.6. The molecule has 0 spiro atoms. The lowest BCUT2D eigenvalue weighted by Crippen LogP contribution is -2.37. The average Bonchev–Trinajstić information content (AvgIpc) is 3.03. The number of fused-ring (bicyclic) bond motifs is 4. The fraction of sp³-hybridized carbons (Fsp3) is 0.200. The van der Waals surface area contributed by atoms with E-state index in [0.29, 0.717) is 0 Å². The maximum atomic E-state index is 2.42. The summed E-state index contributed by atoms with van der Waals surface area (Å²) in [5.41, 5.74) is 5.45. The normalized spacial score (nSPS) is 21.7. The number of allylic oxidation sites excluding steroid dienone is 2. The second kappa shape index (κ2) is 6.98. The molecule has 2 aliphatic heterocycles. The third-order valence-electron chi connectivity index (χ3n) is 5.89. The summed E-state index contributed by atoms with van der Waals surface area (Å²) in [6.07, 6.45) is 6.78. The van der Waals surface area contributed by atoms with Gasteiger partial charge in [0.2, 0.25) is 0 Å². The Labute approximate surface area is 181 Å². The van der Waals surface area contributed by atoms with E-state index in [2.05, 4.69) is 99.6 Å². The minimum absolute atomic E-state index is 0.784. The summed E-state index contributed by atoms with van der Waals surface area (Å²) < 4.78 is 0.784. The summed E-state index contributed by atoms with van der Waals surface area (Å²) in [6, 6.07) is 17.8. The third kappa shape index (κ3) is 3.02. The van der Waals surface area contributed by atoms with Gasteiger partial charge in [-0.2, -0.15) is 0 Å². The second-order valence-electron chi connectivity index (χ2n) is 7.81. The molecule has 3 aromatic rings. The van der Waals surface area contributed by atoms with Crippen LogP contribution in [-0.2, 0) is 0 Å². The largest absolute Gasteiger partial charge is 0.335 e. The molecule has 1 atom stereocenters. The van der Waals surface area contributed by atoms with Crippen LogP contribution in [0.25, 0.3) is 10.8 Å². The van der Waals surface area contributed by atoms with Gasteiger partial charge in [-0.15, -0.1) is 0 Å². The Morgan fingerprint density at radius 3 is 2.66 bits per heavy atom. The maximum Gasteiger partial charge on any atom is 0.169 e. The molecule has 146 valence electrons. The number of aryl methyl sites for hydroxylation is 2. The first-order chi connectivity index (χ1) is 14.0. The first-order valence-electron chi connectivity index (χ1n) is 10.0. The van der Waals surface area contributed by atoms with Crippen LogP contribution in [0.2, 0.25) is 0 Å². The highest BCUT2D eigenvalue weighted by atomic mass is 32.2. The standard InChI is InChI=1S/C25H25N2S2/c1-5-26-21-15-17(2)18(3)16-23(21)28-24(26)11-8-14-27(4)22-13-12-19-9-6-7-10-20(19)25(22)29-27/h6-16H,5H2,1-4H3/q+1/b14-8+,24-11-. The number of benzene rings is 3. The van der Waals surface area contributed by atoms with E-state index in [0.717, 1.165) is 10.4 Å². The number of anilines is 1. The van der Waals surface area contributed by atoms with Crippen LogP contribution in [0.15, 0.2) is 81.7 Å². The van der Waals surface area contributed by atoms with Gasteiger partial charge in [-0.1, -0.05) is 36.0 Å².